The highest BCUT2D eigenvalue weighted by molar-refractivity contribution is 5.70. The van der Waals surface area contributed by atoms with Gasteiger partial charge in [0.15, 0.2) is 0 Å². The van der Waals surface area contributed by atoms with E-state index >= 15 is 0 Å². The van der Waals surface area contributed by atoms with Crippen molar-refractivity contribution in [3.63, 3.8) is 0 Å². The number of piperazine rings is 1. The Bertz CT molecular complexity index is 143. The van der Waals surface area contributed by atoms with Crippen molar-refractivity contribution in [1.82, 2.24) is 10.2 Å². The van der Waals surface area contributed by atoms with Gasteiger partial charge >= 0.3 is 0 Å². The Labute approximate surface area is 66.2 Å². The van der Waals surface area contributed by atoms with Gasteiger partial charge < -0.3 is 15.2 Å². The van der Waals surface area contributed by atoms with E-state index in [2.05, 4.69) is 5.32 Å². The molecule has 1 aliphatic heterocycles. The Morgan fingerprint density at radius 2 is 2.09 bits per heavy atom. The first-order valence-corrected chi connectivity index (χ1v) is 3.87. The van der Waals surface area contributed by atoms with Gasteiger partial charge in [-0.3, -0.25) is 4.90 Å². The number of carbonyl (C=O) groups excluding carboxylic acids is 1. The predicted molar refractivity (Wildman–Crippen MR) is 38.9 cm³/mol. The van der Waals surface area contributed by atoms with Crippen LogP contribution in [0.25, 0.3) is 0 Å². The van der Waals surface area contributed by atoms with Crippen LogP contribution in [0.2, 0.25) is 0 Å². The second kappa shape index (κ2) is 3.69. The summed E-state index contributed by atoms with van der Waals surface area (Å²) < 4.78 is 0. The highest BCUT2D eigenvalue weighted by Crippen LogP contribution is 1.98. The van der Waals surface area contributed by atoms with Crippen LogP contribution in [0.3, 0.4) is 0 Å². The maximum absolute atomic E-state index is 10.4. The molecule has 1 N–H and O–H groups in total. The molecule has 1 fully saturated rings. The Balaban J connectivity index is 2.38. The molecule has 4 nitrogen and oxygen atoms in total. The molecule has 0 spiro atoms. The lowest BCUT2D eigenvalue weighted by Gasteiger charge is -2.33. The van der Waals surface area contributed by atoms with E-state index in [0.717, 1.165) is 26.2 Å². The zero-order valence-corrected chi connectivity index (χ0v) is 6.67. The van der Waals surface area contributed by atoms with Gasteiger partial charge in [-0.2, -0.15) is 0 Å². The number of hydrogen-bond acceptors (Lipinski definition) is 4. The van der Waals surface area contributed by atoms with Crippen LogP contribution in [0.15, 0.2) is 0 Å². The lowest BCUT2D eigenvalue weighted by atomic mass is 10.2. The van der Waals surface area contributed by atoms with Crippen LogP contribution in [0.5, 0.6) is 0 Å². The van der Waals surface area contributed by atoms with Gasteiger partial charge in [-0.1, -0.05) is 0 Å². The SMILES string of the molecule is CC(C(=O)[O-])N1CCNCC1. The second-order valence-electron chi connectivity index (χ2n) is 2.78. The van der Waals surface area contributed by atoms with E-state index in [1.165, 1.54) is 0 Å². The molecule has 1 saturated heterocycles. The topological polar surface area (TPSA) is 55.4 Å². The standard InChI is InChI=1S/C7H14N2O2/c1-6(7(10)11)9-4-2-8-3-5-9/h6,8H,2-5H2,1H3,(H,10,11)/p-1. The van der Waals surface area contributed by atoms with Gasteiger partial charge in [0.05, 0.1) is 5.97 Å². The number of carboxylic acid groups (broad SMARTS) is 1. The van der Waals surface area contributed by atoms with E-state index in [9.17, 15) is 9.90 Å². The number of aliphatic carboxylic acids is 1. The van der Waals surface area contributed by atoms with E-state index in [4.69, 9.17) is 0 Å². The molecule has 0 amide bonds. The van der Waals surface area contributed by atoms with Crippen LogP contribution in [-0.4, -0.2) is 43.1 Å². The molecule has 0 aromatic rings. The Hall–Kier alpha value is -0.610. The van der Waals surface area contributed by atoms with Gasteiger partial charge in [0.25, 0.3) is 0 Å². The molecule has 0 saturated carbocycles. The summed E-state index contributed by atoms with van der Waals surface area (Å²) in [5, 5.41) is 13.6. The van der Waals surface area contributed by atoms with E-state index in [0.29, 0.717) is 0 Å². The third-order valence-electron chi connectivity index (χ3n) is 2.04. The number of rotatable bonds is 2. The highest BCUT2D eigenvalue weighted by atomic mass is 16.4. The van der Waals surface area contributed by atoms with Crippen LogP contribution < -0.4 is 10.4 Å². The highest BCUT2D eigenvalue weighted by Gasteiger charge is 2.16. The van der Waals surface area contributed by atoms with Crippen molar-refractivity contribution in [2.75, 3.05) is 26.2 Å². The van der Waals surface area contributed by atoms with Gasteiger partial charge in [0.1, 0.15) is 0 Å². The molecule has 0 aromatic carbocycles. The van der Waals surface area contributed by atoms with Crippen LogP contribution in [0.4, 0.5) is 0 Å². The van der Waals surface area contributed by atoms with E-state index in [1.807, 2.05) is 4.90 Å². The minimum atomic E-state index is -0.980. The lowest BCUT2D eigenvalue weighted by Crippen LogP contribution is -2.53. The summed E-state index contributed by atoms with van der Waals surface area (Å²) >= 11 is 0. The molecule has 11 heavy (non-hydrogen) atoms. The minimum Gasteiger partial charge on any atom is -0.548 e. The van der Waals surface area contributed by atoms with Gasteiger partial charge in [-0.15, -0.1) is 0 Å². The molecular formula is C7H13N2O2-. The Kier molecular flexibility index (Phi) is 2.84. The van der Waals surface area contributed by atoms with Crippen LogP contribution >= 0.6 is 0 Å². The smallest absolute Gasteiger partial charge is 0.0583 e. The third kappa shape index (κ3) is 2.17. The first-order valence-electron chi connectivity index (χ1n) is 3.87. The monoisotopic (exact) mass is 157 g/mol. The maximum Gasteiger partial charge on any atom is 0.0583 e. The fourth-order valence-electron chi connectivity index (χ4n) is 1.22. The molecule has 0 bridgehead atoms. The van der Waals surface area contributed by atoms with Crippen LogP contribution in [-0.2, 0) is 4.79 Å². The maximum atomic E-state index is 10.4. The quantitative estimate of drug-likeness (QED) is 0.505. The number of carboxylic acids is 1. The van der Waals surface area contributed by atoms with E-state index in [-0.39, 0.29) is 0 Å². The van der Waals surface area contributed by atoms with E-state index in [1.54, 1.807) is 6.92 Å². The first kappa shape index (κ1) is 8.49. The fraction of sp³-hybridized carbons (Fsp3) is 0.857. The van der Waals surface area contributed by atoms with Gasteiger partial charge in [0, 0.05) is 32.2 Å². The molecule has 0 aromatic heterocycles. The molecule has 0 radical (unpaired) electrons. The summed E-state index contributed by atoms with van der Waals surface area (Å²) in [6.07, 6.45) is 0. The summed E-state index contributed by atoms with van der Waals surface area (Å²) in [6.45, 7) is 5.01. The zero-order valence-electron chi connectivity index (χ0n) is 6.67. The molecule has 1 atom stereocenters. The minimum absolute atomic E-state index is 0.447. The largest absolute Gasteiger partial charge is 0.548 e. The van der Waals surface area contributed by atoms with Crippen LogP contribution in [0, 0.1) is 0 Å². The number of hydrogen-bond donors (Lipinski definition) is 1. The van der Waals surface area contributed by atoms with Crippen molar-refractivity contribution in [1.29, 1.82) is 0 Å². The van der Waals surface area contributed by atoms with Crippen molar-refractivity contribution >= 4 is 5.97 Å². The van der Waals surface area contributed by atoms with E-state index < -0.39 is 12.0 Å². The molecule has 1 heterocycles. The normalized spacial score (nSPS) is 23.0. The molecule has 1 unspecified atom stereocenters. The predicted octanol–water partition coefficient (Wildman–Crippen LogP) is -1.97. The zero-order chi connectivity index (χ0) is 8.27. The fourth-order valence-corrected chi connectivity index (χ4v) is 1.22. The summed E-state index contributed by atoms with van der Waals surface area (Å²) in [7, 11) is 0. The van der Waals surface area contributed by atoms with Crippen LogP contribution in [0.1, 0.15) is 6.92 Å². The molecule has 1 aliphatic rings. The molecule has 1 rings (SSSR count). The third-order valence-corrected chi connectivity index (χ3v) is 2.04. The van der Waals surface area contributed by atoms with Crippen molar-refractivity contribution < 1.29 is 9.90 Å². The van der Waals surface area contributed by atoms with Gasteiger partial charge in [0.2, 0.25) is 0 Å². The van der Waals surface area contributed by atoms with Crippen molar-refractivity contribution in [3.05, 3.63) is 0 Å². The first-order chi connectivity index (χ1) is 5.22. The molecule has 64 valence electrons. The summed E-state index contributed by atoms with van der Waals surface area (Å²) in [5.74, 6) is -0.980. The second-order valence-corrected chi connectivity index (χ2v) is 2.78. The molecular weight excluding hydrogens is 144 g/mol. The average Bonchev–Trinajstić information content (AvgIpc) is 2.05. The Morgan fingerprint density at radius 3 is 2.55 bits per heavy atom. The number of nitrogens with one attached hydrogen (secondary N) is 1. The Morgan fingerprint density at radius 1 is 1.55 bits per heavy atom. The number of carbonyl (C=O) groups is 1. The van der Waals surface area contributed by atoms with Gasteiger partial charge in [-0.05, 0) is 6.92 Å². The summed E-state index contributed by atoms with van der Waals surface area (Å²) in [4.78, 5) is 12.3. The average molecular weight is 157 g/mol. The van der Waals surface area contributed by atoms with Crippen molar-refractivity contribution in [3.8, 4) is 0 Å². The summed E-state index contributed by atoms with van der Waals surface area (Å²) in [6, 6.07) is -0.447. The number of nitrogens with zero attached hydrogens (tertiary/aromatic N) is 1. The van der Waals surface area contributed by atoms with Gasteiger partial charge in [-0.25, -0.2) is 0 Å². The summed E-state index contributed by atoms with van der Waals surface area (Å²) in [5.41, 5.74) is 0. The van der Waals surface area contributed by atoms with Crippen molar-refractivity contribution in [2.45, 2.75) is 13.0 Å². The molecule has 0 aliphatic carbocycles. The van der Waals surface area contributed by atoms with Crippen molar-refractivity contribution in [2.24, 2.45) is 0 Å². The lowest BCUT2D eigenvalue weighted by molar-refractivity contribution is -0.311. The molecule has 4 heteroatoms.